The number of ether oxygens (including phenoxy) is 1. The molecule has 1 amide bonds. The van der Waals surface area contributed by atoms with Gasteiger partial charge in [0.25, 0.3) is 0 Å². The number of anilines is 1. The topological polar surface area (TPSA) is 57.7 Å². The molecule has 2 aliphatic rings. The number of benzene rings is 1. The molecule has 1 aromatic carbocycles. The van der Waals surface area contributed by atoms with E-state index in [1.165, 1.54) is 19.3 Å². The van der Waals surface area contributed by atoms with Crippen molar-refractivity contribution in [1.29, 1.82) is 0 Å². The van der Waals surface area contributed by atoms with E-state index in [1.54, 1.807) is 11.3 Å². The van der Waals surface area contributed by atoms with Crippen LogP contribution in [0.2, 0.25) is 0 Å². The highest BCUT2D eigenvalue weighted by atomic mass is 32.1. The summed E-state index contributed by atoms with van der Waals surface area (Å²) in [5, 5.41) is 4.23. The maximum absolute atomic E-state index is 12.9. The minimum atomic E-state index is 0.0441. The second-order valence-electron chi connectivity index (χ2n) is 9.36. The standard InChI is InChI=1S/C25H38N4O2S/c1-4-31-21-11-12-22-23(16-21)32-25(27-22)28-14-6-10-20(17-28)24(30)26-13-7-15-29-18(2)8-5-9-19(29)3/h11-12,16,18-20H,4-10,13-15,17H2,1-3H3,(H,26,30)/t18-,19-,20+/m1/s1. The fraction of sp³-hybridized carbons (Fsp3) is 0.680. The van der Waals surface area contributed by atoms with Crippen LogP contribution in [0.25, 0.3) is 10.2 Å². The number of rotatable bonds is 8. The van der Waals surface area contributed by atoms with Crippen molar-refractivity contribution >= 4 is 32.6 Å². The molecule has 3 atom stereocenters. The van der Waals surface area contributed by atoms with Crippen molar-refractivity contribution in [2.24, 2.45) is 5.92 Å². The number of hydrogen-bond acceptors (Lipinski definition) is 6. The van der Waals surface area contributed by atoms with Gasteiger partial charge in [0.05, 0.1) is 22.7 Å². The molecule has 176 valence electrons. The monoisotopic (exact) mass is 458 g/mol. The van der Waals surface area contributed by atoms with E-state index in [-0.39, 0.29) is 11.8 Å². The zero-order valence-electron chi connectivity index (χ0n) is 19.8. The number of likely N-dealkylation sites (tertiary alicyclic amines) is 1. The molecule has 32 heavy (non-hydrogen) atoms. The maximum Gasteiger partial charge on any atom is 0.224 e. The number of aromatic nitrogens is 1. The van der Waals surface area contributed by atoms with E-state index in [0.29, 0.717) is 18.7 Å². The molecular formula is C25H38N4O2S. The summed E-state index contributed by atoms with van der Waals surface area (Å²) in [5.41, 5.74) is 1.00. The first-order chi connectivity index (χ1) is 15.5. The first kappa shape index (κ1) is 23.3. The molecule has 0 aliphatic carbocycles. The molecule has 1 aromatic heterocycles. The lowest BCUT2D eigenvalue weighted by Crippen LogP contribution is -2.46. The van der Waals surface area contributed by atoms with Crippen LogP contribution in [-0.4, -0.2) is 60.7 Å². The Bertz CT molecular complexity index is 891. The van der Waals surface area contributed by atoms with Gasteiger partial charge in [-0.05, 0) is 71.1 Å². The SMILES string of the molecule is CCOc1ccc2nc(N3CCC[C@H](C(=O)NCCCN4[C@H](C)CCC[C@H]4C)C3)sc2c1. The predicted molar refractivity (Wildman–Crippen MR) is 133 cm³/mol. The van der Waals surface area contributed by atoms with Crippen molar-refractivity contribution in [3.63, 3.8) is 0 Å². The molecule has 6 nitrogen and oxygen atoms in total. The Hall–Kier alpha value is -1.86. The summed E-state index contributed by atoms with van der Waals surface area (Å²) in [7, 11) is 0. The highest BCUT2D eigenvalue weighted by molar-refractivity contribution is 7.22. The van der Waals surface area contributed by atoms with Crippen molar-refractivity contribution in [2.45, 2.75) is 71.4 Å². The van der Waals surface area contributed by atoms with Crippen LogP contribution in [0, 0.1) is 5.92 Å². The van der Waals surface area contributed by atoms with Gasteiger partial charge < -0.3 is 15.0 Å². The second-order valence-corrected chi connectivity index (χ2v) is 10.4. The third-order valence-corrected chi connectivity index (χ3v) is 8.07. The van der Waals surface area contributed by atoms with Gasteiger partial charge in [-0.3, -0.25) is 9.69 Å². The number of nitrogens with one attached hydrogen (secondary N) is 1. The molecule has 0 spiro atoms. The molecule has 0 radical (unpaired) electrons. The van der Waals surface area contributed by atoms with E-state index in [2.05, 4.69) is 35.0 Å². The molecule has 2 fully saturated rings. The third-order valence-electron chi connectivity index (χ3n) is 6.99. The van der Waals surface area contributed by atoms with Gasteiger partial charge in [-0.2, -0.15) is 0 Å². The number of hydrogen-bond donors (Lipinski definition) is 1. The quantitative estimate of drug-likeness (QED) is 0.582. The van der Waals surface area contributed by atoms with E-state index in [9.17, 15) is 4.79 Å². The summed E-state index contributed by atoms with van der Waals surface area (Å²) < 4.78 is 6.76. The number of nitrogens with zero attached hydrogens (tertiary/aromatic N) is 3. The zero-order valence-corrected chi connectivity index (χ0v) is 20.6. The van der Waals surface area contributed by atoms with E-state index < -0.39 is 0 Å². The number of amides is 1. The van der Waals surface area contributed by atoms with E-state index in [4.69, 9.17) is 9.72 Å². The minimum Gasteiger partial charge on any atom is -0.494 e. The highest BCUT2D eigenvalue weighted by Crippen LogP contribution is 2.33. The fourth-order valence-corrected chi connectivity index (χ4v) is 6.21. The Morgan fingerprint density at radius 3 is 2.81 bits per heavy atom. The number of carbonyl (C=O) groups is 1. The van der Waals surface area contributed by atoms with Gasteiger partial charge >= 0.3 is 0 Å². The highest BCUT2D eigenvalue weighted by Gasteiger charge is 2.28. The van der Waals surface area contributed by atoms with Crippen LogP contribution >= 0.6 is 11.3 Å². The summed E-state index contributed by atoms with van der Waals surface area (Å²) in [4.78, 5) is 22.6. The van der Waals surface area contributed by atoms with Gasteiger partial charge in [-0.15, -0.1) is 0 Å². The van der Waals surface area contributed by atoms with Crippen LogP contribution in [0.3, 0.4) is 0 Å². The van der Waals surface area contributed by atoms with Gasteiger partial charge in [0.15, 0.2) is 5.13 Å². The molecule has 0 bridgehead atoms. The second kappa shape index (κ2) is 10.8. The van der Waals surface area contributed by atoms with Crippen molar-refractivity contribution < 1.29 is 9.53 Å². The Labute approximate surface area is 196 Å². The molecule has 1 N–H and O–H groups in total. The van der Waals surface area contributed by atoms with E-state index in [1.807, 2.05) is 19.1 Å². The van der Waals surface area contributed by atoms with Crippen LogP contribution in [0.5, 0.6) is 5.75 Å². The molecule has 2 saturated heterocycles. The largest absolute Gasteiger partial charge is 0.494 e. The molecule has 2 aromatic rings. The van der Waals surface area contributed by atoms with Crippen LogP contribution in [-0.2, 0) is 4.79 Å². The average molecular weight is 459 g/mol. The Kier molecular flexibility index (Phi) is 7.89. The molecular weight excluding hydrogens is 420 g/mol. The fourth-order valence-electron chi connectivity index (χ4n) is 5.18. The summed E-state index contributed by atoms with van der Waals surface area (Å²) in [6, 6.07) is 7.41. The van der Waals surface area contributed by atoms with Crippen LogP contribution in [0.1, 0.15) is 59.3 Å². The maximum atomic E-state index is 12.9. The summed E-state index contributed by atoms with van der Waals surface area (Å²) in [6.07, 6.45) is 6.95. The molecule has 0 unspecified atom stereocenters. The Balaban J connectivity index is 1.28. The molecule has 0 saturated carbocycles. The van der Waals surface area contributed by atoms with Crippen molar-refractivity contribution in [3.8, 4) is 5.75 Å². The van der Waals surface area contributed by atoms with Crippen molar-refractivity contribution in [3.05, 3.63) is 18.2 Å². The number of fused-ring (bicyclic) bond motifs is 1. The normalized spacial score (nSPS) is 24.6. The summed E-state index contributed by atoms with van der Waals surface area (Å²) >= 11 is 1.69. The van der Waals surface area contributed by atoms with E-state index >= 15 is 0 Å². The first-order valence-corrected chi connectivity index (χ1v) is 13.2. The average Bonchev–Trinajstić information content (AvgIpc) is 3.22. The van der Waals surface area contributed by atoms with Gasteiger partial charge in [-0.1, -0.05) is 17.8 Å². The molecule has 2 aliphatic heterocycles. The Morgan fingerprint density at radius 2 is 2.03 bits per heavy atom. The van der Waals surface area contributed by atoms with E-state index in [0.717, 1.165) is 66.5 Å². The lowest BCUT2D eigenvalue weighted by Gasteiger charge is -2.39. The van der Waals surface area contributed by atoms with Gasteiger partial charge in [0, 0.05) is 38.3 Å². The van der Waals surface area contributed by atoms with Crippen LogP contribution in [0.15, 0.2) is 18.2 Å². The lowest BCUT2D eigenvalue weighted by atomic mass is 9.97. The molecule has 4 rings (SSSR count). The first-order valence-electron chi connectivity index (χ1n) is 12.4. The summed E-state index contributed by atoms with van der Waals surface area (Å²) in [5.74, 6) is 1.14. The van der Waals surface area contributed by atoms with Crippen LogP contribution < -0.4 is 15.0 Å². The predicted octanol–water partition coefficient (Wildman–Crippen LogP) is 4.68. The minimum absolute atomic E-state index is 0.0441. The number of carbonyl (C=O) groups excluding carboxylic acids is 1. The third kappa shape index (κ3) is 5.54. The molecule has 7 heteroatoms. The zero-order chi connectivity index (χ0) is 22.5. The smallest absolute Gasteiger partial charge is 0.224 e. The number of thiazole rings is 1. The van der Waals surface area contributed by atoms with Crippen molar-refractivity contribution in [1.82, 2.24) is 15.2 Å². The van der Waals surface area contributed by atoms with Crippen molar-refractivity contribution in [2.75, 3.05) is 37.7 Å². The summed E-state index contributed by atoms with van der Waals surface area (Å²) in [6.45, 7) is 10.9. The molecule has 3 heterocycles. The van der Waals surface area contributed by atoms with Gasteiger partial charge in [-0.25, -0.2) is 4.98 Å². The number of piperidine rings is 2. The van der Waals surface area contributed by atoms with Gasteiger partial charge in [0.1, 0.15) is 5.75 Å². The van der Waals surface area contributed by atoms with Crippen LogP contribution in [0.4, 0.5) is 5.13 Å². The van der Waals surface area contributed by atoms with Gasteiger partial charge in [0.2, 0.25) is 5.91 Å². The Morgan fingerprint density at radius 1 is 1.22 bits per heavy atom. The lowest BCUT2D eigenvalue weighted by molar-refractivity contribution is -0.125.